The third-order valence-electron chi connectivity index (χ3n) is 4.01. The normalized spacial score (nSPS) is 21.9. The predicted molar refractivity (Wildman–Crippen MR) is 78.4 cm³/mol. The maximum absolute atomic E-state index is 14.2. The molecule has 0 radical (unpaired) electrons. The molecule has 6 heteroatoms. The lowest BCUT2D eigenvalue weighted by Crippen LogP contribution is -2.40. The van der Waals surface area contributed by atoms with E-state index in [0.717, 1.165) is 18.7 Å². The molecular weight excluding hydrogens is 273 g/mol. The summed E-state index contributed by atoms with van der Waals surface area (Å²) in [7, 11) is 0. The molecule has 2 aliphatic rings. The summed E-state index contributed by atoms with van der Waals surface area (Å²) in [6.07, 6.45) is 1.47. The fourth-order valence-corrected chi connectivity index (χ4v) is 2.97. The van der Waals surface area contributed by atoms with Crippen molar-refractivity contribution >= 4 is 17.5 Å². The highest BCUT2D eigenvalue weighted by atomic mass is 19.1. The van der Waals surface area contributed by atoms with Crippen LogP contribution in [-0.2, 0) is 4.79 Å². The average Bonchev–Trinajstić information content (AvgIpc) is 3.01. The number of benzene rings is 1. The molecule has 2 heterocycles. The molecule has 1 atom stereocenters. The number of carboxylic acids is 1. The molecule has 0 bridgehead atoms. The Kier molecular flexibility index (Phi) is 3.77. The number of halogens is 1. The Morgan fingerprint density at radius 1 is 1.48 bits per heavy atom. The van der Waals surface area contributed by atoms with E-state index in [1.54, 1.807) is 6.07 Å². The largest absolute Gasteiger partial charge is 0.481 e. The lowest BCUT2D eigenvalue weighted by molar-refractivity contribution is -0.141. The molecule has 0 saturated carbocycles. The molecule has 1 unspecified atom stereocenters. The minimum atomic E-state index is -0.783. The van der Waals surface area contributed by atoms with Crippen LogP contribution in [0, 0.1) is 11.7 Å². The van der Waals surface area contributed by atoms with Gasteiger partial charge in [-0.2, -0.15) is 0 Å². The first-order valence-electron chi connectivity index (χ1n) is 7.22. The van der Waals surface area contributed by atoms with Crippen LogP contribution in [0.2, 0.25) is 0 Å². The Labute approximate surface area is 122 Å². The van der Waals surface area contributed by atoms with Crippen molar-refractivity contribution in [2.45, 2.75) is 12.8 Å². The molecule has 0 aliphatic carbocycles. The lowest BCUT2D eigenvalue weighted by Gasteiger charge is -2.34. The second-order valence-electron chi connectivity index (χ2n) is 5.41. The van der Waals surface area contributed by atoms with E-state index in [1.165, 1.54) is 6.07 Å². The fraction of sp³-hybridized carbons (Fsp3) is 0.467. The number of anilines is 1. The van der Waals surface area contributed by atoms with E-state index in [2.05, 4.69) is 10.3 Å². The van der Waals surface area contributed by atoms with Crippen LogP contribution < -0.4 is 10.2 Å². The van der Waals surface area contributed by atoms with Gasteiger partial charge in [0, 0.05) is 19.6 Å². The van der Waals surface area contributed by atoms with Gasteiger partial charge in [-0.1, -0.05) is 6.07 Å². The Morgan fingerprint density at radius 2 is 2.33 bits per heavy atom. The highest BCUT2D eigenvalue weighted by Crippen LogP contribution is 2.29. The third kappa shape index (κ3) is 2.70. The van der Waals surface area contributed by atoms with E-state index in [4.69, 9.17) is 0 Å². The molecule has 112 valence electrons. The van der Waals surface area contributed by atoms with Crippen LogP contribution in [-0.4, -0.2) is 43.1 Å². The SMILES string of the molecule is O=C(O)C1CCCN(c2cccc(F)c2C2=NCCN2)C1. The standard InChI is InChI=1S/C15H18FN3O2/c16-11-4-1-5-12(13(11)14-17-6-7-18-14)19-8-2-3-10(9-19)15(20)21/h1,4-5,10H,2-3,6-9H2,(H,17,18)(H,20,21). The summed E-state index contributed by atoms with van der Waals surface area (Å²) in [5.41, 5.74) is 1.19. The molecule has 1 saturated heterocycles. The Balaban J connectivity index is 1.94. The molecule has 1 aromatic carbocycles. The van der Waals surface area contributed by atoms with Crippen molar-refractivity contribution in [1.82, 2.24) is 5.32 Å². The number of rotatable bonds is 3. The van der Waals surface area contributed by atoms with Crippen LogP contribution >= 0.6 is 0 Å². The van der Waals surface area contributed by atoms with E-state index in [9.17, 15) is 14.3 Å². The van der Waals surface area contributed by atoms with Gasteiger partial charge in [-0.25, -0.2) is 4.39 Å². The number of carboxylic acid groups (broad SMARTS) is 1. The zero-order valence-electron chi connectivity index (χ0n) is 11.7. The molecule has 3 rings (SSSR count). The highest BCUT2D eigenvalue weighted by molar-refractivity contribution is 6.04. The van der Waals surface area contributed by atoms with Gasteiger partial charge in [0.15, 0.2) is 0 Å². The molecule has 2 aliphatic heterocycles. The zero-order chi connectivity index (χ0) is 14.8. The van der Waals surface area contributed by atoms with Crippen molar-refractivity contribution in [2.24, 2.45) is 10.9 Å². The van der Waals surface area contributed by atoms with Crippen LogP contribution in [0.15, 0.2) is 23.2 Å². The second kappa shape index (κ2) is 5.71. The van der Waals surface area contributed by atoms with Gasteiger partial charge in [-0.15, -0.1) is 0 Å². The number of hydrogen-bond donors (Lipinski definition) is 2. The van der Waals surface area contributed by atoms with Crippen LogP contribution in [0.3, 0.4) is 0 Å². The van der Waals surface area contributed by atoms with Crippen LogP contribution in [0.4, 0.5) is 10.1 Å². The molecule has 5 nitrogen and oxygen atoms in total. The number of hydrogen-bond acceptors (Lipinski definition) is 4. The smallest absolute Gasteiger partial charge is 0.308 e. The summed E-state index contributed by atoms with van der Waals surface area (Å²) >= 11 is 0. The zero-order valence-corrected chi connectivity index (χ0v) is 11.7. The van der Waals surface area contributed by atoms with Crippen molar-refractivity contribution < 1.29 is 14.3 Å². The van der Waals surface area contributed by atoms with Gasteiger partial charge in [0.25, 0.3) is 0 Å². The average molecular weight is 291 g/mol. The minimum absolute atomic E-state index is 0.321. The van der Waals surface area contributed by atoms with Gasteiger partial charge in [0.1, 0.15) is 11.7 Å². The maximum atomic E-state index is 14.2. The number of aliphatic carboxylic acids is 1. The molecule has 2 N–H and O–H groups in total. The second-order valence-corrected chi connectivity index (χ2v) is 5.41. The van der Waals surface area contributed by atoms with Crippen molar-refractivity contribution in [2.75, 3.05) is 31.1 Å². The number of aliphatic imine (C=N–C) groups is 1. The molecular formula is C15H18FN3O2. The minimum Gasteiger partial charge on any atom is -0.481 e. The Morgan fingerprint density at radius 3 is 3.05 bits per heavy atom. The number of amidine groups is 1. The number of carbonyl (C=O) groups is 1. The highest BCUT2D eigenvalue weighted by Gasteiger charge is 2.28. The molecule has 0 amide bonds. The Hall–Kier alpha value is -2.11. The van der Waals surface area contributed by atoms with Crippen LogP contribution in [0.1, 0.15) is 18.4 Å². The van der Waals surface area contributed by atoms with Gasteiger partial charge in [0.05, 0.1) is 23.7 Å². The van der Waals surface area contributed by atoms with Crippen molar-refractivity contribution in [3.63, 3.8) is 0 Å². The summed E-state index contributed by atoms with van der Waals surface area (Å²) in [5.74, 6) is -0.930. The summed E-state index contributed by atoms with van der Waals surface area (Å²) in [6.45, 7) is 2.51. The quantitative estimate of drug-likeness (QED) is 0.885. The molecule has 21 heavy (non-hydrogen) atoms. The molecule has 0 spiro atoms. The summed E-state index contributed by atoms with van der Waals surface area (Å²) < 4.78 is 14.2. The van der Waals surface area contributed by atoms with Crippen LogP contribution in [0.25, 0.3) is 0 Å². The van der Waals surface area contributed by atoms with Crippen molar-refractivity contribution in [3.05, 3.63) is 29.6 Å². The predicted octanol–water partition coefficient (Wildman–Crippen LogP) is 1.48. The van der Waals surface area contributed by atoms with Crippen LogP contribution in [0.5, 0.6) is 0 Å². The summed E-state index contributed by atoms with van der Waals surface area (Å²) in [5, 5.41) is 12.3. The first-order chi connectivity index (χ1) is 10.2. The first kappa shape index (κ1) is 13.9. The maximum Gasteiger partial charge on any atom is 0.308 e. The number of nitrogens with zero attached hydrogens (tertiary/aromatic N) is 2. The van der Waals surface area contributed by atoms with E-state index in [1.807, 2.05) is 11.0 Å². The van der Waals surface area contributed by atoms with Gasteiger partial charge < -0.3 is 15.3 Å². The topological polar surface area (TPSA) is 64.9 Å². The van der Waals surface area contributed by atoms with Crippen molar-refractivity contribution in [1.29, 1.82) is 0 Å². The fourth-order valence-electron chi connectivity index (χ4n) is 2.97. The number of nitrogens with one attached hydrogen (secondary N) is 1. The van der Waals surface area contributed by atoms with Gasteiger partial charge in [0.2, 0.25) is 0 Å². The number of piperidine rings is 1. The van der Waals surface area contributed by atoms with E-state index >= 15 is 0 Å². The van der Waals surface area contributed by atoms with Gasteiger partial charge >= 0.3 is 5.97 Å². The summed E-state index contributed by atoms with van der Waals surface area (Å²) in [6, 6.07) is 4.92. The van der Waals surface area contributed by atoms with Gasteiger partial charge in [-0.05, 0) is 25.0 Å². The molecule has 1 aromatic rings. The third-order valence-corrected chi connectivity index (χ3v) is 4.01. The summed E-state index contributed by atoms with van der Waals surface area (Å²) in [4.78, 5) is 17.5. The van der Waals surface area contributed by atoms with Gasteiger partial charge in [-0.3, -0.25) is 9.79 Å². The van der Waals surface area contributed by atoms with Crippen molar-refractivity contribution in [3.8, 4) is 0 Å². The monoisotopic (exact) mass is 291 g/mol. The van der Waals surface area contributed by atoms with E-state index in [-0.39, 0.29) is 5.82 Å². The molecule has 1 fully saturated rings. The van der Waals surface area contributed by atoms with E-state index in [0.29, 0.717) is 37.5 Å². The first-order valence-corrected chi connectivity index (χ1v) is 7.22. The Bertz CT molecular complexity index is 588. The lowest BCUT2D eigenvalue weighted by atomic mass is 9.97. The van der Waals surface area contributed by atoms with E-state index < -0.39 is 11.9 Å². The molecule has 0 aromatic heterocycles.